The van der Waals surface area contributed by atoms with E-state index in [4.69, 9.17) is 0 Å². The average Bonchev–Trinajstić information content (AvgIpc) is 2.64. The molecule has 0 bridgehead atoms. The van der Waals surface area contributed by atoms with Gasteiger partial charge < -0.3 is 5.32 Å². The van der Waals surface area contributed by atoms with Gasteiger partial charge in [0, 0.05) is 24.5 Å². The quantitative estimate of drug-likeness (QED) is 0.816. The second kappa shape index (κ2) is 5.71. The molecule has 2 aromatic rings. The molecule has 0 unspecified atom stereocenters. The molecule has 1 aromatic heterocycles. The first-order valence-corrected chi connectivity index (χ1v) is 6.48. The molecule has 1 aromatic carbocycles. The Labute approximate surface area is 109 Å². The van der Waals surface area contributed by atoms with Crippen LogP contribution in [0.25, 0.3) is 0 Å². The van der Waals surface area contributed by atoms with Crippen LogP contribution in [0.1, 0.15) is 23.4 Å². The minimum absolute atomic E-state index is 0.973. The zero-order valence-electron chi connectivity index (χ0n) is 11.4. The number of aromatic nitrogens is 2. The Kier molecular flexibility index (Phi) is 4.03. The van der Waals surface area contributed by atoms with Gasteiger partial charge in [0.25, 0.3) is 0 Å². The van der Waals surface area contributed by atoms with Crippen LogP contribution in [0.4, 0.5) is 5.69 Å². The number of rotatable bonds is 5. The van der Waals surface area contributed by atoms with Crippen molar-refractivity contribution >= 4 is 5.69 Å². The number of hydrogen-bond acceptors (Lipinski definition) is 2. The zero-order valence-corrected chi connectivity index (χ0v) is 11.4. The van der Waals surface area contributed by atoms with Crippen molar-refractivity contribution in [1.82, 2.24) is 9.78 Å². The Bertz CT molecular complexity index is 500. The maximum Gasteiger partial charge on any atom is 0.0625 e. The van der Waals surface area contributed by atoms with Gasteiger partial charge in [-0.2, -0.15) is 5.10 Å². The van der Waals surface area contributed by atoms with E-state index in [9.17, 15) is 0 Å². The van der Waals surface area contributed by atoms with Crippen molar-refractivity contribution in [3.8, 4) is 0 Å². The van der Waals surface area contributed by atoms with Gasteiger partial charge in [-0.05, 0) is 44.9 Å². The SMILES string of the molecule is Cc1nn(CCCNc2ccccc2)c(C)c1C. The zero-order chi connectivity index (χ0) is 13.0. The lowest BCUT2D eigenvalue weighted by atomic mass is 10.2. The predicted molar refractivity (Wildman–Crippen MR) is 76.0 cm³/mol. The maximum absolute atomic E-state index is 4.54. The Morgan fingerprint density at radius 1 is 1.11 bits per heavy atom. The van der Waals surface area contributed by atoms with Crippen molar-refractivity contribution in [3.05, 3.63) is 47.3 Å². The topological polar surface area (TPSA) is 29.9 Å². The molecule has 0 saturated carbocycles. The van der Waals surface area contributed by atoms with E-state index in [2.05, 4.69) is 48.0 Å². The third-order valence-corrected chi connectivity index (χ3v) is 3.39. The summed E-state index contributed by atoms with van der Waals surface area (Å²) < 4.78 is 2.11. The van der Waals surface area contributed by atoms with Gasteiger partial charge >= 0.3 is 0 Å². The van der Waals surface area contributed by atoms with E-state index in [-0.39, 0.29) is 0 Å². The molecule has 0 saturated heterocycles. The molecule has 1 heterocycles. The molecule has 0 aliphatic heterocycles. The highest BCUT2D eigenvalue weighted by Gasteiger charge is 2.05. The number of nitrogens with zero attached hydrogens (tertiary/aromatic N) is 2. The fourth-order valence-electron chi connectivity index (χ4n) is 2.02. The second-order valence-corrected chi connectivity index (χ2v) is 4.67. The summed E-state index contributed by atoms with van der Waals surface area (Å²) >= 11 is 0. The van der Waals surface area contributed by atoms with Gasteiger partial charge in [0.05, 0.1) is 5.69 Å². The van der Waals surface area contributed by atoms with Gasteiger partial charge in [0.2, 0.25) is 0 Å². The van der Waals surface area contributed by atoms with Gasteiger partial charge in [0.1, 0.15) is 0 Å². The van der Waals surface area contributed by atoms with Gasteiger partial charge in [-0.25, -0.2) is 0 Å². The van der Waals surface area contributed by atoms with E-state index in [0.29, 0.717) is 0 Å². The van der Waals surface area contributed by atoms with Crippen molar-refractivity contribution in [2.75, 3.05) is 11.9 Å². The molecule has 1 N–H and O–H groups in total. The second-order valence-electron chi connectivity index (χ2n) is 4.67. The Balaban J connectivity index is 1.80. The first-order chi connectivity index (χ1) is 8.68. The highest BCUT2D eigenvalue weighted by Crippen LogP contribution is 2.11. The summed E-state index contributed by atoms with van der Waals surface area (Å²) in [6.07, 6.45) is 1.08. The molecule has 96 valence electrons. The van der Waals surface area contributed by atoms with Gasteiger partial charge in [0.15, 0.2) is 0 Å². The first-order valence-electron chi connectivity index (χ1n) is 6.48. The standard InChI is InChI=1S/C15H21N3/c1-12-13(2)17-18(14(12)3)11-7-10-16-15-8-5-4-6-9-15/h4-6,8-9,16H,7,10-11H2,1-3H3. The Morgan fingerprint density at radius 2 is 1.83 bits per heavy atom. The lowest BCUT2D eigenvalue weighted by Gasteiger charge is -2.07. The summed E-state index contributed by atoms with van der Waals surface area (Å²) in [4.78, 5) is 0. The number of benzene rings is 1. The van der Waals surface area contributed by atoms with Crippen molar-refractivity contribution < 1.29 is 0 Å². The summed E-state index contributed by atoms with van der Waals surface area (Å²) in [5, 5.41) is 7.96. The molecule has 0 atom stereocenters. The fraction of sp³-hybridized carbons (Fsp3) is 0.400. The normalized spacial score (nSPS) is 10.6. The lowest BCUT2D eigenvalue weighted by molar-refractivity contribution is 0.573. The van der Waals surface area contributed by atoms with Gasteiger partial charge in [-0.3, -0.25) is 4.68 Å². The molecule has 0 aliphatic rings. The monoisotopic (exact) mass is 243 g/mol. The van der Waals surface area contributed by atoms with Crippen LogP contribution >= 0.6 is 0 Å². The summed E-state index contributed by atoms with van der Waals surface area (Å²) in [7, 11) is 0. The van der Waals surface area contributed by atoms with Crippen LogP contribution in [-0.2, 0) is 6.54 Å². The lowest BCUT2D eigenvalue weighted by Crippen LogP contribution is -2.09. The van der Waals surface area contributed by atoms with Crippen molar-refractivity contribution in [3.63, 3.8) is 0 Å². The van der Waals surface area contributed by atoms with E-state index < -0.39 is 0 Å². The number of nitrogens with one attached hydrogen (secondary N) is 1. The molecule has 0 spiro atoms. The fourth-order valence-corrected chi connectivity index (χ4v) is 2.02. The van der Waals surface area contributed by atoms with Gasteiger partial charge in [-0.15, -0.1) is 0 Å². The summed E-state index contributed by atoms with van der Waals surface area (Å²) in [6.45, 7) is 8.29. The molecule has 0 fully saturated rings. The number of anilines is 1. The summed E-state index contributed by atoms with van der Waals surface area (Å²) in [5.41, 5.74) is 4.92. The Hall–Kier alpha value is -1.77. The van der Waals surface area contributed by atoms with E-state index in [1.807, 2.05) is 18.2 Å². The third-order valence-electron chi connectivity index (χ3n) is 3.39. The largest absolute Gasteiger partial charge is 0.385 e. The number of hydrogen-bond donors (Lipinski definition) is 1. The molecular formula is C15H21N3. The van der Waals surface area contributed by atoms with Crippen LogP contribution < -0.4 is 5.32 Å². The number of aryl methyl sites for hydroxylation is 2. The summed E-state index contributed by atoms with van der Waals surface area (Å²) in [6, 6.07) is 10.3. The van der Waals surface area contributed by atoms with Gasteiger partial charge in [-0.1, -0.05) is 18.2 Å². The van der Waals surface area contributed by atoms with Crippen LogP contribution in [-0.4, -0.2) is 16.3 Å². The van der Waals surface area contributed by atoms with Crippen LogP contribution in [0.5, 0.6) is 0 Å². The summed E-state index contributed by atoms with van der Waals surface area (Å²) in [5.74, 6) is 0. The van der Waals surface area contributed by atoms with E-state index >= 15 is 0 Å². The maximum atomic E-state index is 4.54. The average molecular weight is 243 g/mol. The van der Waals surface area contributed by atoms with E-state index in [0.717, 1.165) is 25.2 Å². The smallest absolute Gasteiger partial charge is 0.0625 e. The van der Waals surface area contributed by atoms with Crippen LogP contribution in [0, 0.1) is 20.8 Å². The molecule has 2 rings (SSSR count). The third kappa shape index (κ3) is 2.92. The molecule has 3 nitrogen and oxygen atoms in total. The van der Waals surface area contributed by atoms with Crippen molar-refractivity contribution in [2.45, 2.75) is 33.7 Å². The van der Waals surface area contributed by atoms with Crippen molar-refractivity contribution in [2.24, 2.45) is 0 Å². The molecule has 0 radical (unpaired) electrons. The molecule has 0 amide bonds. The van der Waals surface area contributed by atoms with E-state index in [1.165, 1.54) is 16.9 Å². The van der Waals surface area contributed by atoms with Crippen molar-refractivity contribution in [1.29, 1.82) is 0 Å². The van der Waals surface area contributed by atoms with Crippen LogP contribution in [0.3, 0.4) is 0 Å². The highest BCUT2D eigenvalue weighted by molar-refractivity contribution is 5.42. The minimum atomic E-state index is 0.973. The molecular weight excluding hydrogens is 222 g/mol. The van der Waals surface area contributed by atoms with E-state index in [1.54, 1.807) is 0 Å². The highest BCUT2D eigenvalue weighted by atomic mass is 15.3. The molecule has 18 heavy (non-hydrogen) atoms. The minimum Gasteiger partial charge on any atom is -0.385 e. The molecule has 0 aliphatic carbocycles. The first kappa shape index (κ1) is 12.7. The Morgan fingerprint density at radius 3 is 2.44 bits per heavy atom. The predicted octanol–water partition coefficient (Wildman–Crippen LogP) is 3.31. The van der Waals surface area contributed by atoms with Crippen LogP contribution in [0.15, 0.2) is 30.3 Å². The number of para-hydroxylation sites is 1. The van der Waals surface area contributed by atoms with Crippen LogP contribution in [0.2, 0.25) is 0 Å². The molecule has 3 heteroatoms.